The van der Waals surface area contributed by atoms with Gasteiger partial charge in [0.2, 0.25) is 0 Å². The number of likely N-dealkylation sites (tertiary alicyclic amines) is 1. The normalized spacial score (nSPS) is 31.2. The van der Waals surface area contributed by atoms with Crippen LogP contribution >= 0.6 is 11.6 Å². The molecule has 0 N–H and O–H groups in total. The molecule has 0 saturated carbocycles. The lowest BCUT2D eigenvalue weighted by atomic mass is 9.68. The van der Waals surface area contributed by atoms with Crippen molar-refractivity contribution in [2.75, 3.05) is 25.6 Å². The molecule has 0 spiro atoms. The second kappa shape index (κ2) is 7.00. The summed E-state index contributed by atoms with van der Waals surface area (Å²) in [6.07, 6.45) is 4.42. The van der Waals surface area contributed by atoms with Crippen LogP contribution < -0.4 is 0 Å². The Bertz CT molecular complexity index is 421. The fourth-order valence-electron chi connectivity index (χ4n) is 4.57. The third-order valence-electron chi connectivity index (χ3n) is 5.16. The largest absolute Gasteiger partial charge is 0.496 e. The fraction of sp³-hybridized carbons (Fsp3) is 0.889. The van der Waals surface area contributed by atoms with Crippen molar-refractivity contribution in [2.24, 2.45) is 5.92 Å². The maximum atomic E-state index is 6.28. The Morgan fingerprint density at radius 1 is 1.23 bits per heavy atom. The van der Waals surface area contributed by atoms with Gasteiger partial charge in [-0.05, 0) is 53.9 Å². The maximum absolute atomic E-state index is 6.28. The van der Waals surface area contributed by atoms with Crippen LogP contribution in [-0.2, 0) is 9.47 Å². The van der Waals surface area contributed by atoms with Gasteiger partial charge in [-0.25, -0.2) is 0 Å². The Morgan fingerprint density at radius 3 is 2.55 bits per heavy atom. The monoisotopic (exact) mass is 329 g/mol. The van der Waals surface area contributed by atoms with Gasteiger partial charge in [-0.2, -0.15) is 0 Å². The van der Waals surface area contributed by atoms with E-state index in [0.29, 0.717) is 11.8 Å². The van der Waals surface area contributed by atoms with Crippen LogP contribution in [0.1, 0.15) is 60.3 Å². The molecule has 1 aliphatic heterocycles. The van der Waals surface area contributed by atoms with Crippen LogP contribution in [0.25, 0.3) is 0 Å². The third-order valence-corrected chi connectivity index (χ3v) is 5.32. The first-order chi connectivity index (χ1) is 10.4. The lowest BCUT2D eigenvalue weighted by Gasteiger charge is -2.57. The van der Waals surface area contributed by atoms with Crippen LogP contribution in [0, 0.1) is 5.92 Å². The van der Waals surface area contributed by atoms with Gasteiger partial charge in [0.15, 0.2) is 0 Å². The van der Waals surface area contributed by atoms with Gasteiger partial charge in [0.25, 0.3) is 0 Å². The summed E-state index contributed by atoms with van der Waals surface area (Å²) in [4.78, 5) is 2.50. The molecule has 0 amide bonds. The van der Waals surface area contributed by atoms with Crippen LogP contribution in [0.15, 0.2) is 11.5 Å². The van der Waals surface area contributed by atoms with E-state index in [1.54, 1.807) is 0 Å². The number of hydrogen-bond donors (Lipinski definition) is 0. The van der Waals surface area contributed by atoms with Crippen LogP contribution in [0.4, 0.5) is 0 Å². The zero-order valence-corrected chi connectivity index (χ0v) is 15.6. The topological polar surface area (TPSA) is 21.7 Å². The summed E-state index contributed by atoms with van der Waals surface area (Å²) in [6.45, 7) is 13.4. The Labute approximate surface area is 141 Å². The molecule has 1 fully saturated rings. The molecule has 0 aromatic rings. The lowest BCUT2D eigenvalue weighted by Crippen LogP contribution is -2.61. The Kier molecular flexibility index (Phi) is 5.71. The van der Waals surface area contributed by atoms with Gasteiger partial charge in [0, 0.05) is 36.9 Å². The molecule has 0 aromatic heterocycles. The first-order valence-corrected chi connectivity index (χ1v) is 9.26. The van der Waals surface area contributed by atoms with Crippen molar-refractivity contribution in [3.63, 3.8) is 0 Å². The maximum Gasteiger partial charge on any atom is 0.115 e. The number of fused-ring (bicyclic) bond motifs is 1. The minimum absolute atomic E-state index is 0.0321. The summed E-state index contributed by atoms with van der Waals surface area (Å²) in [5, 5.41) is 0. The van der Waals surface area contributed by atoms with Crippen LogP contribution in [-0.4, -0.2) is 41.7 Å². The van der Waals surface area contributed by atoms with E-state index in [-0.39, 0.29) is 11.1 Å². The van der Waals surface area contributed by atoms with E-state index in [2.05, 4.69) is 39.5 Å². The highest BCUT2D eigenvalue weighted by Crippen LogP contribution is 2.51. The zero-order valence-electron chi connectivity index (χ0n) is 14.9. The third kappa shape index (κ3) is 3.26. The number of hydrogen-bond acceptors (Lipinski definition) is 3. The molecule has 2 atom stereocenters. The summed E-state index contributed by atoms with van der Waals surface area (Å²) in [5.74, 6) is 2.23. The van der Waals surface area contributed by atoms with Crippen molar-refractivity contribution in [2.45, 2.75) is 71.4 Å². The van der Waals surface area contributed by atoms with Crippen molar-refractivity contribution < 1.29 is 9.47 Å². The molecular weight excluding hydrogens is 298 g/mol. The molecular formula is C18H32ClNO2. The Balaban J connectivity index is 2.50. The molecule has 4 heteroatoms. The number of allylic oxidation sites excluding steroid dienone is 1. The average Bonchev–Trinajstić information content (AvgIpc) is 2.44. The number of ether oxygens (including phenoxy) is 2. The van der Waals surface area contributed by atoms with E-state index in [0.717, 1.165) is 32.6 Å². The second-order valence-corrected chi connectivity index (χ2v) is 7.64. The molecule has 3 nitrogen and oxygen atoms in total. The molecule has 2 unspecified atom stereocenters. The molecule has 0 radical (unpaired) electrons. The quantitative estimate of drug-likeness (QED) is 0.667. The standard InChI is InChI=1S/C18H32ClNO2/c1-6-21-15-10-8-9-14-16(15)20(12-11-19)17(3,4)13-18(14,5)22-7-2/h14H,6-13H2,1-5H3. The van der Waals surface area contributed by atoms with Gasteiger partial charge in [-0.1, -0.05) is 0 Å². The van der Waals surface area contributed by atoms with Gasteiger partial charge < -0.3 is 14.4 Å². The zero-order chi connectivity index (χ0) is 16.4. The predicted molar refractivity (Wildman–Crippen MR) is 92.1 cm³/mol. The van der Waals surface area contributed by atoms with E-state index >= 15 is 0 Å². The highest BCUT2D eigenvalue weighted by molar-refractivity contribution is 6.18. The minimum Gasteiger partial charge on any atom is -0.496 e. The predicted octanol–water partition coefficient (Wildman–Crippen LogP) is 4.55. The number of nitrogens with zero attached hydrogens (tertiary/aromatic N) is 1. The molecule has 2 aliphatic rings. The lowest BCUT2D eigenvalue weighted by molar-refractivity contribution is -0.129. The first kappa shape index (κ1) is 17.9. The van der Waals surface area contributed by atoms with E-state index in [9.17, 15) is 0 Å². The van der Waals surface area contributed by atoms with E-state index in [4.69, 9.17) is 21.1 Å². The molecule has 1 saturated heterocycles. The summed E-state index contributed by atoms with van der Waals surface area (Å²) >= 11 is 6.11. The molecule has 0 bridgehead atoms. The molecule has 128 valence electrons. The summed E-state index contributed by atoms with van der Waals surface area (Å²) < 4.78 is 12.3. The van der Waals surface area contributed by atoms with Crippen molar-refractivity contribution >= 4 is 11.6 Å². The SMILES string of the molecule is CCOC1=C2C(CCC1)C(C)(OCC)CC(C)(C)N2CCCl. The van der Waals surface area contributed by atoms with E-state index < -0.39 is 0 Å². The van der Waals surface area contributed by atoms with Gasteiger partial charge in [0.1, 0.15) is 5.76 Å². The average molecular weight is 330 g/mol. The smallest absolute Gasteiger partial charge is 0.115 e. The Morgan fingerprint density at radius 2 is 1.95 bits per heavy atom. The molecule has 0 aromatic carbocycles. The van der Waals surface area contributed by atoms with Gasteiger partial charge >= 0.3 is 0 Å². The van der Waals surface area contributed by atoms with Crippen LogP contribution in [0.2, 0.25) is 0 Å². The van der Waals surface area contributed by atoms with Crippen LogP contribution in [0.5, 0.6) is 0 Å². The number of halogens is 1. The van der Waals surface area contributed by atoms with Crippen molar-refractivity contribution in [3.8, 4) is 0 Å². The molecule has 22 heavy (non-hydrogen) atoms. The highest BCUT2D eigenvalue weighted by Gasteiger charge is 2.52. The highest BCUT2D eigenvalue weighted by atomic mass is 35.5. The minimum atomic E-state index is -0.112. The van der Waals surface area contributed by atoms with Gasteiger partial charge in [0.05, 0.1) is 17.9 Å². The van der Waals surface area contributed by atoms with Crippen molar-refractivity contribution in [1.82, 2.24) is 4.90 Å². The fourth-order valence-corrected chi connectivity index (χ4v) is 4.74. The Hall–Kier alpha value is -0.410. The van der Waals surface area contributed by atoms with Gasteiger partial charge in [-0.15, -0.1) is 11.6 Å². The van der Waals surface area contributed by atoms with Crippen LogP contribution in [0.3, 0.4) is 0 Å². The number of piperidine rings is 1. The summed E-state index contributed by atoms with van der Waals surface area (Å²) in [5.41, 5.74) is 1.28. The first-order valence-electron chi connectivity index (χ1n) is 8.73. The number of alkyl halides is 1. The molecule has 1 aliphatic carbocycles. The molecule has 1 heterocycles. The summed E-state index contributed by atoms with van der Waals surface area (Å²) in [6, 6.07) is 0. The van der Waals surface area contributed by atoms with Crippen molar-refractivity contribution in [1.29, 1.82) is 0 Å². The van der Waals surface area contributed by atoms with Crippen molar-refractivity contribution in [3.05, 3.63) is 11.5 Å². The second-order valence-electron chi connectivity index (χ2n) is 7.26. The molecule has 2 rings (SSSR count). The van der Waals surface area contributed by atoms with E-state index in [1.807, 2.05) is 0 Å². The summed E-state index contributed by atoms with van der Waals surface area (Å²) in [7, 11) is 0. The van der Waals surface area contributed by atoms with Gasteiger partial charge in [-0.3, -0.25) is 0 Å². The number of rotatable bonds is 6. The van der Waals surface area contributed by atoms with E-state index in [1.165, 1.54) is 24.3 Å².